The maximum atomic E-state index is 5.20. The Morgan fingerprint density at radius 1 is 0.537 bits per heavy atom. The second-order valence-electron chi connectivity index (χ2n) is 18.5. The van der Waals surface area contributed by atoms with Crippen molar-refractivity contribution in [1.29, 1.82) is 0 Å². The fourth-order valence-electron chi connectivity index (χ4n) is 6.41. The van der Waals surface area contributed by atoms with Crippen LogP contribution in [-0.4, -0.2) is 49.0 Å². The van der Waals surface area contributed by atoms with Gasteiger partial charge in [-0.15, -0.1) is 0 Å². The first kappa shape index (κ1) is 38.6. The fraction of sp³-hybridized carbons (Fsp3) is 0.455. The van der Waals surface area contributed by atoms with E-state index in [1.165, 1.54) is 0 Å². The summed E-state index contributed by atoms with van der Waals surface area (Å²) in [5.41, 5.74) is 5.72. The van der Waals surface area contributed by atoms with Gasteiger partial charge in [-0.1, -0.05) is 94.4 Å². The number of hydrogen-bond donors (Lipinski definition) is 0. The van der Waals surface area contributed by atoms with Crippen LogP contribution in [-0.2, 0) is 42.2 Å². The topological polar surface area (TPSA) is 113 Å². The number of imidazole rings is 2. The Balaban J connectivity index is 1.49. The van der Waals surface area contributed by atoms with Crippen LogP contribution in [0.2, 0.25) is 0 Å². The van der Waals surface area contributed by atoms with E-state index in [2.05, 4.69) is 136 Å². The average Bonchev–Trinajstić information content (AvgIpc) is 3.61. The van der Waals surface area contributed by atoms with Gasteiger partial charge in [0.1, 0.15) is 34.9 Å². The van der Waals surface area contributed by atoms with Gasteiger partial charge in [0.25, 0.3) is 0 Å². The van der Waals surface area contributed by atoms with E-state index < -0.39 is 5.41 Å². The van der Waals surface area contributed by atoms with E-state index in [1.54, 1.807) is 0 Å². The molecule has 0 aliphatic heterocycles. The molecule has 0 unspecified atom stereocenters. The molecule has 10 nitrogen and oxygen atoms in total. The van der Waals surface area contributed by atoms with Gasteiger partial charge < -0.3 is 9.13 Å². The van der Waals surface area contributed by atoms with Crippen molar-refractivity contribution in [1.82, 2.24) is 49.0 Å². The standard InChI is InChI=1S/C44H56N10/c1-26-25-53(14)36(46-26)30-18-16-17-29(21-30)33-47-39(43(9,10)11)52-40(50-33)44(12,13)23-28-19-31(22-32(20-28)35-45-24-27(2)54(35)15)34-48-37(41(3,4)5)51-38(49-34)42(6,7)8/h16-22,24-25H,23H2,1-15H3. The SMILES string of the molecule is Cc1cn(C)c(-c2cccc(-c3nc(C(C)(C)C)nc(C(C)(C)Cc4cc(-c5nc(C(C)(C)C)nc(C(C)(C)C)n5)cc(-c5ncc(C)n5C)c4)n3)c2)n1. The van der Waals surface area contributed by atoms with Crippen LogP contribution in [0.25, 0.3) is 45.6 Å². The van der Waals surface area contributed by atoms with Gasteiger partial charge in [0.15, 0.2) is 11.6 Å². The van der Waals surface area contributed by atoms with Gasteiger partial charge in [-0.2, -0.15) is 0 Å². The fourth-order valence-corrected chi connectivity index (χ4v) is 6.41. The Hall–Kier alpha value is -5.12. The summed E-state index contributed by atoms with van der Waals surface area (Å²) in [6.45, 7) is 27.8. The molecule has 0 amide bonds. The number of nitrogens with zero attached hydrogens (tertiary/aromatic N) is 10. The molecule has 0 bridgehead atoms. The molecule has 0 aliphatic rings. The normalized spacial score (nSPS) is 12.8. The zero-order chi connectivity index (χ0) is 39.5. The van der Waals surface area contributed by atoms with Gasteiger partial charge in [0.05, 0.1) is 5.69 Å². The van der Waals surface area contributed by atoms with Crippen LogP contribution in [0.15, 0.2) is 54.9 Å². The molecule has 0 spiro atoms. The Morgan fingerprint density at radius 2 is 1.04 bits per heavy atom. The third kappa shape index (κ3) is 8.03. The van der Waals surface area contributed by atoms with Gasteiger partial charge in [-0.25, -0.2) is 39.9 Å². The second-order valence-corrected chi connectivity index (χ2v) is 18.5. The highest BCUT2D eigenvalue weighted by Gasteiger charge is 2.31. The summed E-state index contributed by atoms with van der Waals surface area (Å²) in [6, 6.07) is 14.9. The van der Waals surface area contributed by atoms with Crippen molar-refractivity contribution >= 4 is 0 Å². The average molecular weight is 725 g/mol. The molecule has 0 N–H and O–H groups in total. The molecular weight excluding hydrogens is 669 g/mol. The van der Waals surface area contributed by atoms with Crippen LogP contribution >= 0.6 is 0 Å². The molecule has 2 aromatic carbocycles. The third-order valence-corrected chi connectivity index (χ3v) is 9.64. The minimum atomic E-state index is -0.480. The number of benzene rings is 2. The van der Waals surface area contributed by atoms with Crippen LogP contribution in [0, 0.1) is 13.8 Å². The van der Waals surface area contributed by atoms with Crippen LogP contribution in [0.5, 0.6) is 0 Å². The van der Waals surface area contributed by atoms with Crippen molar-refractivity contribution in [3.05, 3.63) is 95.1 Å². The Morgan fingerprint density at radius 3 is 1.56 bits per heavy atom. The molecule has 0 saturated carbocycles. The zero-order valence-electron chi connectivity index (χ0n) is 34.9. The summed E-state index contributed by atoms with van der Waals surface area (Å²) >= 11 is 0. The van der Waals surface area contributed by atoms with Crippen LogP contribution < -0.4 is 0 Å². The lowest BCUT2D eigenvalue weighted by atomic mass is 9.83. The van der Waals surface area contributed by atoms with Crippen molar-refractivity contribution in [3.63, 3.8) is 0 Å². The van der Waals surface area contributed by atoms with Crippen molar-refractivity contribution in [3.8, 4) is 45.6 Å². The maximum absolute atomic E-state index is 5.20. The van der Waals surface area contributed by atoms with E-state index in [0.29, 0.717) is 18.1 Å². The summed E-state index contributed by atoms with van der Waals surface area (Å²) in [7, 11) is 4.07. The first-order valence-electron chi connectivity index (χ1n) is 18.8. The van der Waals surface area contributed by atoms with Gasteiger partial charge in [0, 0.05) is 76.1 Å². The molecule has 282 valence electrons. The molecule has 6 aromatic rings. The van der Waals surface area contributed by atoms with Crippen molar-refractivity contribution in [2.24, 2.45) is 14.1 Å². The molecule has 6 rings (SSSR count). The Kier molecular flexibility index (Phi) is 9.74. The molecule has 0 atom stereocenters. The quantitative estimate of drug-likeness (QED) is 0.160. The molecule has 10 heteroatoms. The highest BCUT2D eigenvalue weighted by atomic mass is 15.1. The van der Waals surface area contributed by atoms with E-state index in [1.807, 2.05) is 32.4 Å². The second kappa shape index (κ2) is 13.6. The number of aromatic nitrogens is 10. The number of rotatable bonds is 7. The van der Waals surface area contributed by atoms with Gasteiger partial charge >= 0.3 is 0 Å². The molecule has 0 saturated heterocycles. The van der Waals surface area contributed by atoms with Crippen LogP contribution in [0.3, 0.4) is 0 Å². The van der Waals surface area contributed by atoms with Crippen molar-refractivity contribution in [2.45, 2.75) is 118 Å². The lowest BCUT2D eigenvalue weighted by Crippen LogP contribution is -2.28. The summed E-state index contributed by atoms with van der Waals surface area (Å²) < 4.78 is 4.17. The van der Waals surface area contributed by atoms with E-state index in [4.69, 9.17) is 39.9 Å². The van der Waals surface area contributed by atoms with Crippen molar-refractivity contribution < 1.29 is 0 Å². The molecular formula is C44H56N10. The highest BCUT2D eigenvalue weighted by molar-refractivity contribution is 5.69. The zero-order valence-corrected chi connectivity index (χ0v) is 34.9. The largest absolute Gasteiger partial charge is 0.334 e. The first-order valence-corrected chi connectivity index (χ1v) is 18.8. The summed E-state index contributed by atoms with van der Waals surface area (Å²) in [5, 5.41) is 0. The van der Waals surface area contributed by atoms with Crippen LogP contribution in [0.4, 0.5) is 0 Å². The van der Waals surface area contributed by atoms with Gasteiger partial charge in [-0.05, 0) is 50.1 Å². The first-order chi connectivity index (χ1) is 25.0. The smallest absolute Gasteiger partial charge is 0.163 e. The van der Waals surface area contributed by atoms with Gasteiger partial charge in [-0.3, -0.25) is 0 Å². The maximum Gasteiger partial charge on any atom is 0.163 e. The minimum absolute atomic E-state index is 0.256. The third-order valence-electron chi connectivity index (χ3n) is 9.64. The Labute approximate surface area is 321 Å². The van der Waals surface area contributed by atoms with E-state index in [0.717, 1.165) is 74.2 Å². The monoisotopic (exact) mass is 724 g/mol. The number of aryl methyl sites for hydroxylation is 3. The van der Waals surface area contributed by atoms with Crippen molar-refractivity contribution in [2.75, 3.05) is 0 Å². The summed E-state index contributed by atoms with van der Waals surface area (Å²) in [6.07, 6.45) is 4.60. The number of hydrogen-bond acceptors (Lipinski definition) is 8. The van der Waals surface area contributed by atoms with E-state index in [-0.39, 0.29) is 16.2 Å². The molecule has 0 fully saturated rings. The minimum Gasteiger partial charge on any atom is -0.334 e. The van der Waals surface area contributed by atoms with Gasteiger partial charge in [0.2, 0.25) is 0 Å². The van der Waals surface area contributed by atoms with Crippen LogP contribution in [0.1, 0.15) is 116 Å². The lowest BCUT2D eigenvalue weighted by Gasteiger charge is -2.27. The molecule has 0 aliphatic carbocycles. The lowest BCUT2D eigenvalue weighted by molar-refractivity contribution is 0.464. The Bertz CT molecular complexity index is 2310. The predicted octanol–water partition coefficient (Wildman–Crippen LogP) is 9.22. The summed E-state index contributed by atoms with van der Waals surface area (Å²) in [4.78, 5) is 40.1. The highest BCUT2D eigenvalue weighted by Crippen LogP contribution is 2.35. The molecule has 4 aromatic heterocycles. The molecule has 54 heavy (non-hydrogen) atoms. The summed E-state index contributed by atoms with van der Waals surface area (Å²) in [5.74, 6) is 6.13. The van der Waals surface area contributed by atoms with E-state index in [9.17, 15) is 0 Å². The predicted molar refractivity (Wildman–Crippen MR) is 217 cm³/mol. The molecule has 0 radical (unpaired) electrons. The van der Waals surface area contributed by atoms with E-state index >= 15 is 0 Å². The molecule has 4 heterocycles.